The predicted molar refractivity (Wildman–Crippen MR) is 70.5 cm³/mol. The zero-order valence-corrected chi connectivity index (χ0v) is 10.8. The third kappa shape index (κ3) is 5.16. The van der Waals surface area contributed by atoms with Gasteiger partial charge in [0.2, 0.25) is 0 Å². The normalized spacial score (nSPS) is 11.9. The topological polar surface area (TPSA) is 70.6 Å². The molecule has 0 aromatic heterocycles. The second-order valence-corrected chi connectivity index (χ2v) is 4.02. The molecule has 1 aromatic carbocycles. The van der Waals surface area contributed by atoms with E-state index in [0.29, 0.717) is 18.9 Å². The molecule has 0 radical (unpaired) electrons. The zero-order valence-electron chi connectivity index (χ0n) is 10.8. The first-order valence-electron chi connectivity index (χ1n) is 6.00. The molecule has 5 nitrogen and oxygen atoms in total. The highest BCUT2D eigenvalue weighted by Gasteiger charge is 2.05. The van der Waals surface area contributed by atoms with Crippen LogP contribution in [-0.2, 0) is 11.3 Å². The number of amides is 2. The summed E-state index contributed by atoms with van der Waals surface area (Å²) in [7, 11) is 0. The molecule has 1 rings (SSSR count). The number of aliphatic hydroxyl groups excluding tert-OH is 1. The number of aliphatic hydroxyl groups is 1. The maximum Gasteiger partial charge on any atom is 0.319 e. The van der Waals surface area contributed by atoms with Crippen LogP contribution in [0.1, 0.15) is 19.4 Å². The summed E-state index contributed by atoms with van der Waals surface area (Å²) in [5.41, 5.74) is 1.77. The van der Waals surface area contributed by atoms with E-state index in [2.05, 4.69) is 10.6 Å². The highest BCUT2D eigenvalue weighted by molar-refractivity contribution is 5.89. The van der Waals surface area contributed by atoms with E-state index in [-0.39, 0.29) is 18.7 Å². The second-order valence-electron chi connectivity index (χ2n) is 4.02. The van der Waals surface area contributed by atoms with Gasteiger partial charge in [-0.25, -0.2) is 4.79 Å². The van der Waals surface area contributed by atoms with Crippen molar-refractivity contribution in [3.05, 3.63) is 29.8 Å². The van der Waals surface area contributed by atoms with E-state index in [4.69, 9.17) is 9.84 Å². The largest absolute Gasteiger partial charge is 0.394 e. The van der Waals surface area contributed by atoms with Gasteiger partial charge in [-0.3, -0.25) is 0 Å². The molecule has 0 heterocycles. The van der Waals surface area contributed by atoms with E-state index in [1.54, 1.807) is 6.92 Å². The first-order valence-corrected chi connectivity index (χ1v) is 6.00. The van der Waals surface area contributed by atoms with Gasteiger partial charge in [0.05, 0.1) is 19.3 Å². The predicted octanol–water partition coefficient (Wildman–Crippen LogP) is 1.73. The first-order chi connectivity index (χ1) is 8.65. The van der Waals surface area contributed by atoms with Crippen LogP contribution in [0.2, 0.25) is 0 Å². The van der Waals surface area contributed by atoms with Crippen LogP contribution in [-0.4, -0.2) is 30.4 Å². The Morgan fingerprint density at radius 3 is 2.61 bits per heavy atom. The summed E-state index contributed by atoms with van der Waals surface area (Å²) in [5, 5.41) is 14.1. The Balaban J connectivity index is 2.45. The van der Waals surface area contributed by atoms with Crippen molar-refractivity contribution in [3.8, 4) is 0 Å². The van der Waals surface area contributed by atoms with Gasteiger partial charge in [0.25, 0.3) is 0 Å². The van der Waals surface area contributed by atoms with Gasteiger partial charge in [-0.1, -0.05) is 12.1 Å². The van der Waals surface area contributed by atoms with Gasteiger partial charge in [-0.05, 0) is 31.5 Å². The number of nitrogens with one attached hydrogen (secondary N) is 2. The van der Waals surface area contributed by atoms with Gasteiger partial charge in [0.1, 0.15) is 0 Å². The van der Waals surface area contributed by atoms with E-state index in [0.717, 1.165) is 5.56 Å². The molecule has 2 amide bonds. The van der Waals surface area contributed by atoms with Crippen molar-refractivity contribution in [1.29, 1.82) is 0 Å². The Bertz CT molecular complexity index is 365. The summed E-state index contributed by atoms with van der Waals surface area (Å²) in [6.45, 7) is 4.85. The fourth-order valence-corrected chi connectivity index (χ4v) is 1.34. The maximum absolute atomic E-state index is 11.5. The first kappa shape index (κ1) is 14.5. The number of hydrogen-bond donors (Lipinski definition) is 3. The van der Waals surface area contributed by atoms with Crippen molar-refractivity contribution >= 4 is 11.7 Å². The molecule has 1 atom stereocenters. The van der Waals surface area contributed by atoms with Crippen molar-refractivity contribution in [3.63, 3.8) is 0 Å². The number of carbonyl (C=O) groups is 1. The molecule has 0 aliphatic carbocycles. The van der Waals surface area contributed by atoms with Gasteiger partial charge in [-0.15, -0.1) is 0 Å². The quantitative estimate of drug-likeness (QED) is 0.722. The molecular formula is C13H20N2O3. The van der Waals surface area contributed by atoms with E-state index in [1.165, 1.54) is 0 Å². The van der Waals surface area contributed by atoms with E-state index < -0.39 is 0 Å². The summed E-state index contributed by atoms with van der Waals surface area (Å²) < 4.78 is 5.28. The van der Waals surface area contributed by atoms with Crippen LogP contribution in [0.25, 0.3) is 0 Å². The molecule has 1 aromatic rings. The molecule has 0 fully saturated rings. The van der Waals surface area contributed by atoms with Crippen LogP contribution < -0.4 is 10.6 Å². The van der Waals surface area contributed by atoms with Crippen LogP contribution in [0, 0.1) is 0 Å². The lowest BCUT2D eigenvalue weighted by Crippen LogP contribution is -2.38. The number of urea groups is 1. The van der Waals surface area contributed by atoms with Crippen molar-refractivity contribution in [2.24, 2.45) is 0 Å². The number of carbonyl (C=O) groups excluding carboxylic acids is 1. The third-order valence-corrected chi connectivity index (χ3v) is 2.34. The standard InChI is InChI=1S/C13H20N2O3/c1-3-18-9-11-4-6-12(7-5-11)15-13(17)14-10(2)8-16/h4-7,10,16H,3,8-9H2,1-2H3,(H2,14,15,17). The highest BCUT2D eigenvalue weighted by atomic mass is 16.5. The van der Waals surface area contributed by atoms with Crippen LogP contribution >= 0.6 is 0 Å². The Hall–Kier alpha value is -1.59. The second kappa shape index (κ2) is 7.68. The molecule has 18 heavy (non-hydrogen) atoms. The monoisotopic (exact) mass is 252 g/mol. The lowest BCUT2D eigenvalue weighted by Gasteiger charge is -2.12. The number of ether oxygens (including phenoxy) is 1. The molecule has 100 valence electrons. The van der Waals surface area contributed by atoms with Gasteiger partial charge in [0, 0.05) is 12.3 Å². The minimum absolute atomic E-state index is 0.0826. The third-order valence-electron chi connectivity index (χ3n) is 2.34. The fourth-order valence-electron chi connectivity index (χ4n) is 1.34. The zero-order chi connectivity index (χ0) is 13.4. The molecule has 1 unspecified atom stereocenters. The van der Waals surface area contributed by atoms with Gasteiger partial charge < -0.3 is 20.5 Å². The molecule has 0 aliphatic heterocycles. The number of hydrogen-bond acceptors (Lipinski definition) is 3. The lowest BCUT2D eigenvalue weighted by molar-refractivity contribution is 0.134. The van der Waals surface area contributed by atoms with Crippen molar-refractivity contribution in [1.82, 2.24) is 5.32 Å². The molecule has 0 bridgehead atoms. The van der Waals surface area contributed by atoms with Crippen LogP contribution in [0.15, 0.2) is 24.3 Å². The summed E-state index contributed by atoms with van der Waals surface area (Å²) in [6.07, 6.45) is 0. The average Bonchev–Trinajstić information content (AvgIpc) is 2.37. The van der Waals surface area contributed by atoms with Crippen molar-refractivity contribution in [2.45, 2.75) is 26.5 Å². The molecule has 0 aliphatic rings. The van der Waals surface area contributed by atoms with Crippen LogP contribution in [0.4, 0.5) is 10.5 Å². The molecule has 0 spiro atoms. The summed E-state index contributed by atoms with van der Waals surface area (Å²) in [4.78, 5) is 11.5. The lowest BCUT2D eigenvalue weighted by atomic mass is 10.2. The van der Waals surface area contributed by atoms with E-state index >= 15 is 0 Å². The van der Waals surface area contributed by atoms with Gasteiger partial charge in [-0.2, -0.15) is 0 Å². The summed E-state index contributed by atoms with van der Waals surface area (Å²) >= 11 is 0. The maximum atomic E-state index is 11.5. The fraction of sp³-hybridized carbons (Fsp3) is 0.462. The van der Waals surface area contributed by atoms with Crippen molar-refractivity contribution < 1.29 is 14.6 Å². The van der Waals surface area contributed by atoms with Gasteiger partial charge >= 0.3 is 6.03 Å². The SMILES string of the molecule is CCOCc1ccc(NC(=O)NC(C)CO)cc1. The smallest absolute Gasteiger partial charge is 0.319 e. The average molecular weight is 252 g/mol. The molecule has 3 N–H and O–H groups in total. The molecular weight excluding hydrogens is 232 g/mol. The number of anilines is 1. The minimum Gasteiger partial charge on any atom is -0.394 e. The number of benzene rings is 1. The highest BCUT2D eigenvalue weighted by Crippen LogP contribution is 2.10. The van der Waals surface area contributed by atoms with Crippen LogP contribution in [0.3, 0.4) is 0 Å². The molecule has 0 saturated carbocycles. The van der Waals surface area contributed by atoms with E-state index in [9.17, 15) is 4.79 Å². The minimum atomic E-state index is -0.325. The van der Waals surface area contributed by atoms with Gasteiger partial charge in [0.15, 0.2) is 0 Å². The molecule has 0 saturated heterocycles. The Morgan fingerprint density at radius 1 is 1.39 bits per heavy atom. The Morgan fingerprint density at radius 2 is 2.06 bits per heavy atom. The van der Waals surface area contributed by atoms with Crippen molar-refractivity contribution in [2.75, 3.05) is 18.5 Å². The summed E-state index contributed by atoms with van der Waals surface area (Å²) in [6, 6.07) is 6.85. The van der Waals surface area contributed by atoms with E-state index in [1.807, 2.05) is 31.2 Å². The number of rotatable bonds is 6. The Kier molecular flexibility index (Phi) is 6.18. The van der Waals surface area contributed by atoms with Crippen LogP contribution in [0.5, 0.6) is 0 Å². The Labute approximate surface area is 107 Å². The molecule has 5 heteroatoms. The summed E-state index contributed by atoms with van der Waals surface area (Å²) in [5.74, 6) is 0.